The Morgan fingerprint density at radius 2 is 1.68 bits per heavy atom. The third kappa shape index (κ3) is 12.6. The molecule has 9 heteroatoms. The van der Waals surface area contributed by atoms with Crippen molar-refractivity contribution in [2.24, 2.45) is 0 Å². The van der Waals surface area contributed by atoms with Crippen LogP contribution in [0, 0.1) is 12.7 Å². The predicted molar refractivity (Wildman–Crippen MR) is 199 cm³/mol. The van der Waals surface area contributed by atoms with Crippen LogP contribution >= 0.6 is 0 Å². The first-order valence-electron chi connectivity index (χ1n) is 19.3. The fourth-order valence-electron chi connectivity index (χ4n) is 7.05. The number of carboxylic acids is 1. The van der Waals surface area contributed by atoms with E-state index in [1.165, 1.54) is 57.1 Å². The van der Waals surface area contributed by atoms with Crippen LogP contribution in [0.3, 0.4) is 0 Å². The van der Waals surface area contributed by atoms with Crippen LogP contribution in [-0.4, -0.2) is 50.3 Å². The first-order chi connectivity index (χ1) is 24.4. The molecule has 1 fully saturated rings. The van der Waals surface area contributed by atoms with Crippen molar-refractivity contribution in [1.82, 2.24) is 19.6 Å². The summed E-state index contributed by atoms with van der Waals surface area (Å²) in [6.45, 7) is 7.80. The number of hydrogen-bond donors (Lipinski definition) is 1. The Labute approximate surface area is 297 Å². The number of hydrogen-bond acceptors (Lipinski definition) is 6. The Bertz CT molecular complexity index is 1590. The highest BCUT2D eigenvalue weighted by molar-refractivity contribution is 5.79. The second kappa shape index (κ2) is 21.6. The van der Waals surface area contributed by atoms with E-state index in [9.17, 15) is 14.0 Å². The first-order valence-corrected chi connectivity index (χ1v) is 19.3. The normalized spacial score (nSPS) is 15.5. The van der Waals surface area contributed by atoms with E-state index in [4.69, 9.17) is 14.6 Å². The van der Waals surface area contributed by atoms with E-state index in [-0.39, 0.29) is 11.4 Å². The number of fused-ring (bicyclic) bond motifs is 2. The molecule has 0 atom stereocenters. The molecule has 274 valence electrons. The van der Waals surface area contributed by atoms with Crippen LogP contribution in [-0.2, 0) is 24.2 Å². The molecule has 1 aromatic carbocycles. The predicted octanol–water partition coefficient (Wildman–Crippen LogP) is 9.47. The van der Waals surface area contributed by atoms with Crippen LogP contribution in [0.25, 0.3) is 11.0 Å². The van der Waals surface area contributed by atoms with E-state index in [1.807, 2.05) is 11.5 Å². The van der Waals surface area contributed by atoms with Gasteiger partial charge in [0.1, 0.15) is 11.6 Å². The molecule has 1 N–H and O–H groups in total. The highest BCUT2D eigenvalue weighted by Gasteiger charge is 2.26. The van der Waals surface area contributed by atoms with Crippen molar-refractivity contribution >= 4 is 16.9 Å². The smallest absolute Gasteiger partial charge is 0.303 e. The number of piperidine rings is 1. The summed E-state index contributed by atoms with van der Waals surface area (Å²) >= 11 is 0. The van der Waals surface area contributed by atoms with Crippen molar-refractivity contribution in [2.75, 3.05) is 19.6 Å². The maximum Gasteiger partial charge on any atom is 0.303 e. The summed E-state index contributed by atoms with van der Waals surface area (Å²) in [5.74, 6) is 0.302. The number of benzene rings is 1. The van der Waals surface area contributed by atoms with E-state index in [1.54, 1.807) is 6.07 Å². The van der Waals surface area contributed by atoms with Gasteiger partial charge in [0.25, 0.3) is 5.56 Å². The number of carboxylic acid groups (broad SMARTS) is 1. The molecule has 0 amide bonds. The van der Waals surface area contributed by atoms with Gasteiger partial charge in [0.15, 0.2) is 5.58 Å². The Morgan fingerprint density at radius 1 is 0.980 bits per heavy atom. The van der Waals surface area contributed by atoms with Crippen molar-refractivity contribution in [3.05, 3.63) is 81.4 Å². The van der Waals surface area contributed by atoms with Gasteiger partial charge in [-0.2, -0.15) is 0 Å². The number of aryl methyl sites for hydroxylation is 2. The number of aromatic nitrogens is 3. The molecule has 8 nitrogen and oxygen atoms in total. The lowest BCUT2D eigenvalue weighted by molar-refractivity contribution is -0.137. The topological polar surface area (TPSA) is 101 Å². The average molecular weight is 691 g/mol. The molecular formula is C41H59FN4O4. The highest BCUT2D eigenvalue weighted by atomic mass is 19.1. The third-order valence-corrected chi connectivity index (χ3v) is 10.1. The molecule has 0 bridgehead atoms. The summed E-state index contributed by atoms with van der Waals surface area (Å²) in [4.78, 5) is 30.4. The van der Waals surface area contributed by atoms with Gasteiger partial charge >= 0.3 is 5.97 Å². The molecule has 2 aliphatic rings. The SMILES string of the molecule is CCCCCC/C=C/C=C\CCCCCCCC(=O)O.Cc1nc2n(c(=O)c1CCN1CCC(c3noc4cc(F)ccc34)CC1)CCCC2. The van der Waals surface area contributed by atoms with Crippen LogP contribution in [0.15, 0.2) is 51.8 Å². The van der Waals surface area contributed by atoms with Gasteiger partial charge in [-0.15, -0.1) is 0 Å². The van der Waals surface area contributed by atoms with Crippen LogP contribution in [0.2, 0.25) is 0 Å². The van der Waals surface area contributed by atoms with Gasteiger partial charge in [-0.05, 0) is 96.4 Å². The quantitative estimate of drug-likeness (QED) is 0.105. The van der Waals surface area contributed by atoms with E-state index >= 15 is 0 Å². The largest absolute Gasteiger partial charge is 0.481 e. The van der Waals surface area contributed by atoms with E-state index in [2.05, 4.69) is 41.3 Å². The number of allylic oxidation sites excluding steroid dienone is 4. The zero-order valence-corrected chi connectivity index (χ0v) is 30.5. The summed E-state index contributed by atoms with van der Waals surface area (Å²) in [5, 5.41) is 13.6. The average Bonchev–Trinajstić information content (AvgIpc) is 3.53. The monoisotopic (exact) mass is 690 g/mol. The summed E-state index contributed by atoms with van der Waals surface area (Å²) < 4.78 is 20.6. The minimum atomic E-state index is -0.672. The van der Waals surface area contributed by atoms with E-state index in [0.717, 1.165) is 119 Å². The number of unbranched alkanes of at least 4 members (excludes halogenated alkanes) is 9. The Morgan fingerprint density at radius 3 is 2.40 bits per heavy atom. The van der Waals surface area contributed by atoms with Crippen molar-refractivity contribution in [3.63, 3.8) is 0 Å². The molecule has 2 aliphatic heterocycles. The lowest BCUT2D eigenvalue weighted by Gasteiger charge is -2.31. The Balaban J connectivity index is 0.000000247. The fraction of sp³-hybridized carbons (Fsp3) is 0.610. The van der Waals surface area contributed by atoms with Crippen LogP contribution in [0.1, 0.15) is 138 Å². The molecule has 0 unspecified atom stereocenters. The van der Waals surface area contributed by atoms with Gasteiger partial charge in [0.05, 0.1) is 5.69 Å². The molecule has 0 saturated carbocycles. The molecule has 0 spiro atoms. The molecule has 50 heavy (non-hydrogen) atoms. The van der Waals surface area contributed by atoms with Crippen LogP contribution in [0.4, 0.5) is 4.39 Å². The minimum Gasteiger partial charge on any atom is -0.481 e. The van der Waals surface area contributed by atoms with Gasteiger partial charge in [0, 0.05) is 54.6 Å². The maximum absolute atomic E-state index is 13.4. The van der Waals surface area contributed by atoms with Crippen molar-refractivity contribution in [2.45, 2.75) is 142 Å². The Hall–Kier alpha value is -3.59. The van der Waals surface area contributed by atoms with Gasteiger partial charge in [0.2, 0.25) is 0 Å². The number of halogens is 1. The highest BCUT2D eigenvalue weighted by Crippen LogP contribution is 2.32. The summed E-state index contributed by atoms with van der Waals surface area (Å²) in [5.41, 5.74) is 3.38. The number of aliphatic carboxylic acids is 1. The molecule has 2 aromatic heterocycles. The maximum atomic E-state index is 13.4. The zero-order chi connectivity index (χ0) is 35.6. The number of carbonyl (C=O) groups is 1. The minimum absolute atomic E-state index is 0.161. The van der Waals surface area contributed by atoms with Gasteiger partial charge < -0.3 is 14.5 Å². The molecular weight excluding hydrogens is 631 g/mol. The molecule has 1 saturated heterocycles. The van der Waals surface area contributed by atoms with Crippen LogP contribution in [0.5, 0.6) is 0 Å². The van der Waals surface area contributed by atoms with Crippen molar-refractivity contribution in [1.29, 1.82) is 0 Å². The zero-order valence-electron chi connectivity index (χ0n) is 30.5. The van der Waals surface area contributed by atoms with E-state index in [0.29, 0.717) is 17.9 Å². The molecule has 5 rings (SSSR count). The standard InChI is InChI=1S/C23H27FN4O2.C18H32O2/c1-15-18(23(29)28-10-3-2-4-21(28)25-15)9-13-27-11-7-16(8-12-27)22-19-6-5-17(24)14-20(19)30-26-22;1-2-3-4-5-6-7-8-9-10-11-12-13-14-15-16-17-18(19)20/h5-6,14,16H,2-4,7-13H2,1H3;7-10H,2-6,11-17H2,1H3,(H,19,20)/b;8-7+,10-9-. The summed E-state index contributed by atoms with van der Waals surface area (Å²) in [7, 11) is 0. The lowest BCUT2D eigenvalue weighted by Crippen LogP contribution is -2.37. The number of likely N-dealkylation sites (tertiary alicyclic amines) is 1. The number of rotatable bonds is 18. The molecule has 0 aliphatic carbocycles. The lowest BCUT2D eigenvalue weighted by atomic mass is 9.91. The van der Waals surface area contributed by atoms with Gasteiger partial charge in [-0.25, -0.2) is 9.37 Å². The second-order valence-corrected chi connectivity index (χ2v) is 14.0. The second-order valence-electron chi connectivity index (χ2n) is 14.0. The van der Waals surface area contributed by atoms with Crippen molar-refractivity contribution < 1.29 is 18.8 Å². The molecule has 3 aromatic rings. The molecule has 0 radical (unpaired) electrons. The van der Waals surface area contributed by atoms with Crippen molar-refractivity contribution in [3.8, 4) is 0 Å². The fourth-order valence-corrected chi connectivity index (χ4v) is 7.05. The Kier molecular flexibility index (Phi) is 16.9. The van der Waals surface area contributed by atoms with Gasteiger partial charge in [-0.1, -0.05) is 74.9 Å². The van der Waals surface area contributed by atoms with Gasteiger partial charge in [-0.3, -0.25) is 14.2 Å². The number of nitrogens with zero attached hydrogens (tertiary/aromatic N) is 4. The summed E-state index contributed by atoms with van der Waals surface area (Å²) in [6.07, 6.45) is 28.1. The van der Waals surface area contributed by atoms with Crippen LogP contribution < -0.4 is 5.56 Å². The third-order valence-electron chi connectivity index (χ3n) is 10.1. The molecule has 4 heterocycles. The van der Waals surface area contributed by atoms with E-state index < -0.39 is 5.97 Å². The summed E-state index contributed by atoms with van der Waals surface area (Å²) in [6, 6.07) is 4.63. The first kappa shape index (κ1) is 39.2.